The number of benzene rings is 3. The number of nitrogens with zero attached hydrogens (tertiary/aromatic N) is 2. The molecule has 0 bridgehead atoms. The fourth-order valence-corrected chi connectivity index (χ4v) is 3.77. The Labute approximate surface area is 185 Å². The molecular formula is C26H23ClF2N2. The van der Waals surface area contributed by atoms with Gasteiger partial charge in [0, 0.05) is 23.3 Å². The summed E-state index contributed by atoms with van der Waals surface area (Å²) < 4.78 is 28.7. The number of aryl methyl sites for hydroxylation is 3. The van der Waals surface area contributed by atoms with Gasteiger partial charge in [0.1, 0.15) is 11.6 Å². The number of hydrogen-bond acceptors (Lipinski definition) is 2. The smallest absolute Gasteiger partial charge is 0.159 e. The summed E-state index contributed by atoms with van der Waals surface area (Å²) in [5.74, 6) is -0.0583. The van der Waals surface area contributed by atoms with E-state index in [4.69, 9.17) is 11.6 Å². The molecule has 1 aromatic heterocycles. The lowest BCUT2D eigenvalue weighted by Gasteiger charge is -2.09. The van der Waals surface area contributed by atoms with Gasteiger partial charge in [-0.25, -0.2) is 18.7 Å². The van der Waals surface area contributed by atoms with Crippen molar-refractivity contribution in [2.24, 2.45) is 0 Å². The first kappa shape index (κ1) is 21.4. The van der Waals surface area contributed by atoms with Crippen molar-refractivity contribution < 1.29 is 8.78 Å². The van der Waals surface area contributed by atoms with E-state index in [0.717, 1.165) is 41.3 Å². The van der Waals surface area contributed by atoms with Gasteiger partial charge >= 0.3 is 0 Å². The fourth-order valence-electron chi connectivity index (χ4n) is 3.66. The van der Waals surface area contributed by atoms with Crippen LogP contribution in [0.4, 0.5) is 8.78 Å². The molecule has 2 nitrogen and oxygen atoms in total. The molecule has 31 heavy (non-hydrogen) atoms. The van der Waals surface area contributed by atoms with Crippen molar-refractivity contribution in [2.75, 3.05) is 0 Å². The summed E-state index contributed by atoms with van der Waals surface area (Å²) in [6, 6.07) is 14.0. The molecule has 0 aliphatic heterocycles. The van der Waals surface area contributed by atoms with Gasteiger partial charge in [0.25, 0.3) is 0 Å². The van der Waals surface area contributed by atoms with Crippen molar-refractivity contribution in [3.63, 3.8) is 0 Å². The van der Waals surface area contributed by atoms with Crippen LogP contribution in [-0.4, -0.2) is 9.97 Å². The molecular weight excluding hydrogens is 414 g/mol. The van der Waals surface area contributed by atoms with Crippen LogP contribution in [-0.2, 0) is 19.3 Å². The van der Waals surface area contributed by atoms with Crippen LogP contribution in [0.25, 0.3) is 22.2 Å². The van der Waals surface area contributed by atoms with Gasteiger partial charge in [-0.3, -0.25) is 0 Å². The topological polar surface area (TPSA) is 25.8 Å². The van der Waals surface area contributed by atoms with Gasteiger partial charge in [-0.1, -0.05) is 55.3 Å². The molecule has 0 radical (unpaired) electrons. The van der Waals surface area contributed by atoms with Crippen LogP contribution in [0.2, 0.25) is 5.02 Å². The number of aromatic nitrogens is 2. The van der Waals surface area contributed by atoms with E-state index in [-0.39, 0.29) is 10.8 Å². The largest absolute Gasteiger partial charge is 0.236 e. The van der Waals surface area contributed by atoms with Crippen molar-refractivity contribution in [3.8, 4) is 11.4 Å². The van der Waals surface area contributed by atoms with Gasteiger partial charge in [-0.05, 0) is 66.0 Å². The quantitative estimate of drug-likeness (QED) is 0.302. The standard InChI is InChI=1S/C26H23ClF2N2/c1-2-3-4-18-15-30-26(31-16-18)21-10-11-22-20(14-21)9-8-19(25(22)29)7-5-17-6-12-23(27)24(28)13-17/h6,8-16H,2-5,7H2,1H3. The minimum atomic E-state index is -0.453. The zero-order chi connectivity index (χ0) is 21.8. The summed E-state index contributed by atoms with van der Waals surface area (Å²) in [5.41, 5.74) is 3.38. The number of fused-ring (bicyclic) bond motifs is 1. The Hall–Kier alpha value is -2.85. The van der Waals surface area contributed by atoms with Crippen LogP contribution in [0, 0.1) is 11.6 Å². The SMILES string of the molecule is CCCCc1cnc(-c2ccc3c(F)c(CCc4ccc(Cl)c(F)c4)ccc3c2)nc1. The zero-order valence-electron chi connectivity index (χ0n) is 17.3. The fraction of sp³-hybridized carbons (Fsp3) is 0.231. The average molecular weight is 437 g/mol. The van der Waals surface area contributed by atoms with Gasteiger partial charge < -0.3 is 0 Å². The number of unbranched alkanes of at least 4 members (excludes halogenated alkanes) is 1. The van der Waals surface area contributed by atoms with Gasteiger partial charge in [0.15, 0.2) is 5.82 Å². The van der Waals surface area contributed by atoms with Crippen molar-refractivity contribution in [2.45, 2.75) is 39.0 Å². The monoisotopic (exact) mass is 436 g/mol. The van der Waals surface area contributed by atoms with Gasteiger partial charge in [-0.15, -0.1) is 0 Å². The van der Waals surface area contributed by atoms with E-state index >= 15 is 4.39 Å². The molecule has 3 aromatic carbocycles. The molecule has 4 aromatic rings. The maximum absolute atomic E-state index is 15.1. The van der Waals surface area contributed by atoms with Crippen LogP contribution < -0.4 is 0 Å². The number of halogens is 3. The van der Waals surface area contributed by atoms with Crippen LogP contribution in [0.3, 0.4) is 0 Å². The molecule has 0 saturated heterocycles. The van der Waals surface area contributed by atoms with Crippen molar-refractivity contribution in [1.82, 2.24) is 9.97 Å². The summed E-state index contributed by atoms with van der Waals surface area (Å²) >= 11 is 5.73. The number of rotatable bonds is 7. The Bertz CT molecular complexity index is 1210. The van der Waals surface area contributed by atoms with E-state index < -0.39 is 5.82 Å². The molecule has 158 valence electrons. The lowest BCUT2D eigenvalue weighted by Crippen LogP contribution is -1.97. The number of hydrogen-bond donors (Lipinski definition) is 0. The van der Waals surface area contributed by atoms with E-state index in [9.17, 15) is 4.39 Å². The molecule has 0 amide bonds. The van der Waals surface area contributed by atoms with E-state index in [0.29, 0.717) is 29.6 Å². The third-order valence-electron chi connectivity index (χ3n) is 5.48. The maximum atomic E-state index is 15.1. The van der Waals surface area contributed by atoms with Gasteiger partial charge in [0.05, 0.1) is 5.02 Å². The third kappa shape index (κ3) is 4.91. The lowest BCUT2D eigenvalue weighted by molar-refractivity contribution is 0.617. The highest BCUT2D eigenvalue weighted by Gasteiger charge is 2.11. The van der Waals surface area contributed by atoms with E-state index in [2.05, 4.69) is 16.9 Å². The first-order valence-electron chi connectivity index (χ1n) is 10.5. The van der Waals surface area contributed by atoms with Gasteiger partial charge in [0.2, 0.25) is 0 Å². The second-order valence-corrected chi connectivity index (χ2v) is 8.15. The van der Waals surface area contributed by atoms with Crippen LogP contribution in [0.15, 0.2) is 60.9 Å². The second-order valence-electron chi connectivity index (χ2n) is 7.74. The third-order valence-corrected chi connectivity index (χ3v) is 5.79. The molecule has 0 unspecified atom stereocenters. The Morgan fingerprint density at radius 2 is 1.65 bits per heavy atom. The highest BCUT2D eigenvalue weighted by atomic mass is 35.5. The molecule has 4 rings (SSSR count). The molecule has 0 N–H and O–H groups in total. The van der Waals surface area contributed by atoms with E-state index in [1.165, 1.54) is 12.1 Å². The first-order valence-corrected chi connectivity index (χ1v) is 10.9. The maximum Gasteiger partial charge on any atom is 0.159 e. The van der Waals surface area contributed by atoms with Gasteiger partial charge in [-0.2, -0.15) is 0 Å². The van der Waals surface area contributed by atoms with Crippen molar-refractivity contribution >= 4 is 22.4 Å². The molecule has 1 heterocycles. The molecule has 0 saturated carbocycles. The second kappa shape index (κ2) is 9.52. The molecule has 0 spiro atoms. The minimum Gasteiger partial charge on any atom is -0.236 e. The lowest BCUT2D eigenvalue weighted by atomic mass is 9.99. The van der Waals surface area contributed by atoms with Crippen molar-refractivity contribution in [3.05, 3.63) is 94.3 Å². The minimum absolute atomic E-state index is 0.0935. The summed E-state index contributed by atoms with van der Waals surface area (Å²) in [6.07, 6.45) is 7.98. The molecule has 5 heteroatoms. The molecule has 0 atom stereocenters. The molecule has 0 aliphatic rings. The first-order chi connectivity index (χ1) is 15.0. The highest BCUT2D eigenvalue weighted by Crippen LogP contribution is 2.27. The highest BCUT2D eigenvalue weighted by molar-refractivity contribution is 6.30. The Balaban J connectivity index is 1.54. The van der Waals surface area contributed by atoms with Crippen molar-refractivity contribution in [1.29, 1.82) is 0 Å². The summed E-state index contributed by atoms with van der Waals surface area (Å²) in [7, 11) is 0. The normalized spacial score (nSPS) is 11.2. The summed E-state index contributed by atoms with van der Waals surface area (Å²) in [5, 5.41) is 1.45. The zero-order valence-corrected chi connectivity index (χ0v) is 18.1. The Morgan fingerprint density at radius 3 is 2.39 bits per heavy atom. The van der Waals surface area contributed by atoms with E-state index in [1.807, 2.05) is 30.6 Å². The summed E-state index contributed by atoms with van der Waals surface area (Å²) in [6.45, 7) is 2.16. The Kier molecular flexibility index (Phi) is 6.57. The average Bonchev–Trinajstić information content (AvgIpc) is 2.79. The van der Waals surface area contributed by atoms with Crippen LogP contribution in [0.1, 0.15) is 36.5 Å². The summed E-state index contributed by atoms with van der Waals surface area (Å²) in [4.78, 5) is 8.96. The van der Waals surface area contributed by atoms with Crippen LogP contribution >= 0.6 is 11.6 Å². The van der Waals surface area contributed by atoms with Crippen LogP contribution in [0.5, 0.6) is 0 Å². The van der Waals surface area contributed by atoms with E-state index in [1.54, 1.807) is 18.2 Å². The molecule has 0 aliphatic carbocycles. The molecule has 0 fully saturated rings. The predicted molar refractivity (Wildman–Crippen MR) is 122 cm³/mol. The predicted octanol–water partition coefficient (Wildman–Crippen LogP) is 7.36. The Morgan fingerprint density at radius 1 is 0.839 bits per heavy atom.